The normalized spacial score (nSPS) is 16.0. The van der Waals surface area contributed by atoms with Crippen molar-refractivity contribution >= 4 is 40.7 Å². The summed E-state index contributed by atoms with van der Waals surface area (Å²) in [6, 6.07) is 24.1. The number of benzene rings is 3. The van der Waals surface area contributed by atoms with Crippen LogP contribution in [0.5, 0.6) is 5.75 Å². The lowest BCUT2D eigenvalue weighted by molar-refractivity contribution is -0.119. The van der Waals surface area contributed by atoms with E-state index in [1.54, 1.807) is 30.2 Å². The molecule has 1 atom stereocenters. The van der Waals surface area contributed by atoms with E-state index >= 15 is 0 Å². The Kier molecular flexibility index (Phi) is 6.38. The van der Waals surface area contributed by atoms with Gasteiger partial charge >= 0.3 is 0 Å². The lowest BCUT2D eigenvalue weighted by Gasteiger charge is -2.39. The minimum Gasteiger partial charge on any atom is -0.497 e. The molecule has 1 saturated carbocycles. The first kappa shape index (κ1) is 24.6. The Morgan fingerprint density at radius 2 is 1.66 bits per heavy atom. The number of carbonyl (C=O) groups excluding carboxylic acids is 2. The number of fused-ring (bicyclic) bond motifs is 3. The van der Waals surface area contributed by atoms with Gasteiger partial charge in [0, 0.05) is 17.8 Å². The van der Waals surface area contributed by atoms with Crippen LogP contribution in [0.1, 0.15) is 40.5 Å². The van der Waals surface area contributed by atoms with Crippen molar-refractivity contribution < 1.29 is 14.3 Å². The quantitative estimate of drug-likeness (QED) is 0.276. The molecule has 192 valence electrons. The predicted octanol–water partition coefficient (Wildman–Crippen LogP) is 6.53. The monoisotopic (exact) mass is 545 g/mol. The molecular formula is C30H25Cl2N3O3. The van der Waals surface area contributed by atoms with Gasteiger partial charge in [-0.15, -0.1) is 0 Å². The fourth-order valence-corrected chi connectivity index (χ4v) is 5.43. The number of aromatic nitrogens is 1. The van der Waals surface area contributed by atoms with Gasteiger partial charge in [0.2, 0.25) is 5.91 Å². The molecule has 2 heterocycles. The molecule has 1 aliphatic heterocycles. The molecule has 0 radical (unpaired) electrons. The molecule has 2 aliphatic rings. The highest BCUT2D eigenvalue weighted by atomic mass is 35.5. The molecule has 3 aromatic carbocycles. The van der Waals surface area contributed by atoms with Gasteiger partial charge in [-0.3, -0.25) is 14.5 Å². The average molecular weight is 546 g/mol. The van der Waals surface area contributed by atoms with Crippen molar-refractivity contribution in [2.45, 2.75) is 24.9 Å². The second kappa shape index (κ2) is 9.86. The second-order valence-electron chi connectivity index (χ2n) is 9.52. The van der Waals surface area contributed by atoms with E-state index in [1.165, 1.54) is 0 Å². The van der Waals surface area contributed by atoms with Crippen LogP contribution >= 0.6 is 23.2 Å². The minimum absolute atomic E-state index is 0.0178. The van der Waals surface area contributed by atoms with E-state index in [0.29, 0.717) is 15.6 Å². The third kappa shape index (κ3) is 4.34. The summed E-state index contributed by atoms with van der Waals surface area (Å²) in [5.74, 6) is 0.352. The van der Waals surface area contributed by atoms with Gasteiger partial charge in [0.1, 0.15) is 18.3 Å². The molecule has 4 aromatic rings. The summed E-state index contributed by atoms with van der Waals surface area (Å²) in [5.41, 5.74) is 4.04. The number of halogens is 2. The molecule has 0 saturated heterocycles. The Morgan fingerprint density at radius 1 is 0.921 bits per heavy atom. The Labute approximate surface area is 230 Å². The van der Waals surface area contributed by atoms with Gasteiger partial charge in [0.25, 0.3) is 5.91 Å². The van der Waals surface area contributed by atoms with Crippen LogP contribution in [-0.2, 0) is 4.79 Å². The standard InChI is InChI=1S/C30H25Cl2N3O3/c1-38-22-13-8-19(9-14-22)29-27-7-4-16-33(27)25-5-2-3-6-26(25)35(29)28(36)18-34(21-11-12-21)30(37)20-10-15-23(31)24(32)17-20/h2-10,13-17,21,29H,11-12,18H2,1H3. The zero-order valence-electron chi connectivity index (χ0n) is 20.7. The maximum Gasteiger partial charge on any atom is 0.254 e. The van der Waals surface area contributed by atoms with E-state index in [1.807, 2.05) is 71.8 Å². The summed E-state index contributed by atoms with van der Waals surface area (Å²) in [7, 11) is 1.63. The first-order valence-corrected chi connectivity index (χ1v) is 13.2. The lowest BCUT2D eigenvalue weighted by atomic mass is 9.97. The maximum absolute atomic E-state index is 14.2. The number of amides is 2. The van der Waals surface area contributed by atoms with E-state index < -0.39 is 0 Å². The molecular weight excluding hydrogens is 521 g/mol. The highest BCUT2D eigenvalue weighted by Crippen LogP contribution is 2.43. The van der Waals surface area contributed by atoms with Crippen molar-refractivity contribution in [2.75, 3.05) is 18.6 Å². The molecule has 6 rings (SSSR count). The number of nitrogens with zero attached hydrogens (tertiary/aromatic N) is 3. The lowest BCUT2D eigenvalue weighted by Crippen LogP contribution is -2.47. The summed E-state index contributed by atoms with van der Waals surface area (Å²) in [5, 5.41) is 0.692. The molecule has 2 amide bonds. The third-order valence-corrected chi connectivity index (χ3v) is 7.88. The average Bonchev–Trinajstić information content (AvgIpc) is 3.67. The van der Waals surface area contributed by atoms with Gasteiger partial charge in [-0.25, -0.2) is 0 Å². The molecule has 38 heavy (non-hydrogen) atoms. The van der Waals surface area contributed by atoms with Gasteiger partial charge in [-0.2, -0.15) is 0 Å². The molecule has 1 unspecified atom stereocenters. The summed E-state index contributed by atoms with van der Waals surface area (Å²) < 4.78 is 7.48. The SMILES string of the molecule is COc1ccc(C2c3cccn3-c3ccccc3N2C(=O)CN(C(=O)c2ccc(Cl)c(Cl)c2)C2CC2)cc1. The molecule has 0 spiro atoms. The van der Waals surface area contributed by atoms with Gasteiger partial charge in [0.15, 0.2) is 0 Å². The minimum atomic E-state index is -0.376. The predicted molar refractivity (Wildman–Crippen MR) is 149 cm³/mol. The van der Waals surface area contributed by atoms with Crippen LogP contribution in [0, 0.1) is 0 Å². The summed E-state index contributed by atoms with van der Waals surface area (Å²) in [6.07, 6.45) is 3.74. The van der Waals surface area contributed by atoms with Gasteiger partial charge in [0.05, 0.1) is 34.2 Å². The highest BCUT2D eigenvalue weighted by Gasteiger charge is 2.40. The van der Waals surface area contributed by atoms with Crippen LogP contribution in [0.15, 0.2) is 85.1 Å². The number of carbonyl (C=O) groups is 2. The zero-order chi connectivity index (χ0) is 26.4. The first-order chi connectivity index (χ1) is 18.5. The number of para-hydroxylation sites is 2. The van der Waals surface area contributed by atoms with E-state index in [9.17, 15) is 9.59 Å². The van der Waals surface area contributed by atoms with Crippen LogP contribution in [0.25, 0.3) is 5.69 Å². The smallest absolute Gasteiger partial charge is 0.254 e. The Hall–Kier alpha value is -3.74. The van der Waals surface area contributed by atoms with Gasteiger partial charge < -0.3 is 14.2 Å². The summed E-state index contributed by atoms with van der Waals surface area (Å²) in [4.78, 5) is 31.3. The van der Waals surface area contributed by atoms with Crippen molar-refractivity contribution in [1.29, 1.82) is 0 Å². The topological polar surface area (TPSA) is 54.8 Å². The number of hydrogen-bond acceptors (Lipinski definition) is 3. The molecule has 1 fully saturated rings. The fraction of sp³-hybridized carbons (Fsp3) is 0.200. The maximum atomic E-state index is 14.2. The molecule has 1 aliphatic carbocycles. The number of anilines is 1. The first-order valence-electron chi connectivity index (χ1n) is 12.4. The Morgan fingerprint density at radius 3 is 2.34 bits per heavy atom. The van der Waals surface area contributed by atoms with Crippen molar-refractivity contribution in [2.24, 2.45) is 0 Å². The number of hydrogen-bond donors (Lipinski definition) is 0. The van der Waals surface area contributed by atoms with Crippen LogP contribution in [0.4, 0.5) is 5.69 Å². The molecule has 0 N–H and O–H groups in total. The molecule has 1 aromatic heterocycles. The van der Waals surface area contributed by atoms with Crippen LogP contribution in [0.3, 0.4) is 0 Å². The second-order valence-corrected chi connectivity index (χ2v) is 10.3. The van der Waals surface area contributed by atoms with E-state index in [-0.39, 0.29) is 30.4 Å². The largest absolute Gasteiger partial charge is 0.497 e. The van der Waals surface area contributed by atoms with Gasteiger partial charge in [-0.05, 0) is 73.0 Å². The molecule has 0 bridgehead atoms. The number of ether oxygens (including phenoxy) is 1. The third-order valence-electron chi connectivity index (χ3n) is 7.14. The van der Waals surface area contributed by atoms with E-state index in [2.05, 4.69) is 4.57 Å². The van der Waals surface area contributed by atoms with Crippen LogP contribution < -0.4 is 9.64 Å². The summed E-state index contributed by atoms with van der Waals surface area (Å²) in [6.45, 7) is -0.0502. The van der Waals surface area contributed by atoms with Crippen molar-refractivity contribution in [3.05, 3.63) is 112 Å². The zero-order valence-corrected chi connectivity index (χ0v) is 22.2. The molecule has 6 nitrogen and oxygen atoms in total. The van der Waals surface area contributed by atoms with Crippen molar-refractivity contribution in [1.82, 2.24) is 9.47 Å². The Bertz CT molecular complexity index is 1530. The van der Waals surface area contributed by atoms with E-state index in [0.717, 1.165) is 41.2 Å². The van der Waals surface area contributed by atoms with Crippen LogP contribution in [-0.4, -0.2) is 41.0 Å². The summed E-state index contributed by atoms with van der Waals surface area (Å²) >= 11 is 12.3. The Balaban J connectivity index is 1.40. The van der Waals surface area contributed by atoms with Gasteiger partial charge in [-0.1, -0.05) is 47.5 Å². The number of methoxy groups -OCH3 is 1. The van der Waals surface area contributed by atoms with E-state index in [4.69, 9.17) is 27.9 Å². The van der Waals surface area contributed by atoms with Crippen LogP contribution in [0.2, 0.25) is 10.0 Å². The highest BCUT2D eigenvalue weighted by molar-refractivity contribution is 6.42. The fourth-order valence-electron chi connectivity index (χ4n) is 5.13. The molecule has 8 heteroatoms. The van der Waals surface area contributed by atoms with Crippen molar-refractivity contribution in [3.8, 4) is 11.4 Å². The number of rotatable bonds is 6. The van der Waals surface area contributed by atoms with Crippen molar-refractivity contribution in [3.63, 3.8) is 0 Å².